The highest BCUT2D eigenvalue weighted by Crippen LogP contribution is 2.18. The molecule has 0 saturated heterocycles. The number of halogens is 1. The second kappa shape index (κ2) is 5.52. The van der Waals surface area contributed by atoms with E-state index in [1.165, 1.54) is 4.68 Å². The Bertz CT molecular complexity index is 635. The molecule has 0 spiro atoms. The Morgan fingerprint density at radius 3 is 2.47 bits per heavy atom. The number of aromatic nitrogens is 2. The fourth-order valence-electron chi connectivity index (χ4n) is 1.93. The fourth-order valence-corrected chi connectivity index (χ4v) is 2.05. The average molecular weight is 281 g/mol. The molecule has 0 aliphatic carbocycles. The normalized spacial score (nSPS) is 11.0. The van der Waals surface area contributed by atoms with Gasteiger partial charge in [0.2, 0.25) is 5.43 Å². The molecule has 0 saturated carbocycles. The summed E-state index contributed by atoms with van der Waals surface area (Å²) in [5.41, 5.74) is 0.623. The summed E-state index contributed by atoms with van der Waals surface area (Å²) >= 11 is 5.82. The fraction of sp³-hybridized carbons (Fsp3) is 0.231. The smallest absolute Gasteiger partial charge is 0.208 e. The second-order valence-electron chi connectivity index (χ2n) is 3.98. The number of benzene rings is 1. The standard InChI is InChI=1S/C13H13ClN2O3/c1-2-10-12(13(18)19)11(17)7-15-16(10)9-5-3-8(14)4-6-9/h3-7,13,18-19H,2H2,1H3. The van der Waals surface area contributed by atoms with Crippen molar-refractivity contribution in [1.29, 1.82) is 0 Å². The van der Waals surface area contributed by atoms with E-state index < -0.39 is 11.7 Å². The molecule has 19 heavy (non-hydrogen) atoms. The van der Waals surface area contributed by atoms with Crippen molar-refractivity contribution >= 4 is 11.6 Å². The van der Waals surface area contributed by atoms with Crippen molar-refractivity contribution in [2.24, 2.45) is 0 Å². The molecule has 2 aromatic rings. The lowest BCUT2D eigenvalue weighted by Crippen LogP contribution is -2.22. The van der Waals surface area contributed by atoms with E-state index in [1.54, 1.807) is 24.3 Å². The third-order valence-electron chi connectivity index (χ3n) is 2.79. The van der Waals surface area contributed by atoms with Gasteiger partial charge in [0, 0.05) is 5.02 Å². The van der Waals surface area contributed by atoms with Gasteiger partial charge in [-0.2, -0.15) is 5.10 Å². The van der Waals surface area contributed by atoms with Gasteiger partial charge in [-0.3, -0.25) is 4.79 Å². The summed E-state index contributed by atoms with van der Waals surface area (Å²) in [5, 5.41) is 23.3. The van der Waals surface area contributed by atoms with E-state index in [4.69, 9.17) is 11.6 Å². The van der Waals surface area contributed by atoms with Gasteiger partial charge in [-0.1, -0.05) is 18.5 Å². The monoisotopic (exact) mass is 280 g/mol. The van der Waals surface area contributed by atoms with Gasteiger partial charge in [0.15, 0.2) is 6.29 Å². The molecular weight excluding hydrogens is 268 g/mol. The molecule has 2 rings (SSSR count). The van der Waals surface area contributed by atoms with Gasteiger partial charge < -0.3 is 10.2 Å². The number of nitrogens with zero attached hydrogens (tertiary/aromatic N) is 2. The number of hydrogen-bond donors (Lipinski definition) is 2. The van der Waals surface area contributed by atoms with Gasteiger partial charge in [0.1, 0.15) is 0 Å². The van der Waals surface area contributed by atoms with Crippen molar-refractivity contribution in [1.82, 2.24) is 9.78 Å². The Hall–Kier alpha value is -1.69. The highest BCUT2D eigenvalue weighted by Gasteiger charge is 2.17. The Labute approximate surface area is 114 Å². The van der Waals surface area contributed by atoms with Crippen molar-refractivity contribution in [2.75, 3.05) is 0 Å². The first-order valence-electron chi connectivity index (χ1n) is 5.77. The molecule has 0 fully saturated rings. The number of rotatable bonds is 3. The van der Waals surface area contributed by atoms with Crippen LogP contribution in [0.25, 0.3) is 5.69 Å². The zero-order valence-electron chi connectivity index (χ0n) is 10.2. The maximum Gasteiger partial charge on any atom is 0.208 e. The van der Waals surface area contributed by atoms with E-state index in [-0.39, 0.29) is 5.56 Å². The van der Waals surface area contributed by atoms with Crippen molar-refractivity contribution in [3.05, 3.63) is 57.0 Å². The molecule has 2 N–H and O–H groups in total. The summed E-state index contributed by atoms with van der Waals surface area (Å²) in [7, 11) is 0. The van der Waals surface area contributed by atoms with Crippen LogP contribution >= 0.6 is 11.6 Å². The summed E-state index contributed by atoms with van der Waals surface area (Å²) in [4.78, 5) is 11.7. The van der Waals surface area contributed by atoms with Crippen molar-refractivity contribution in [3.63, 3.8) is 0 Å². The zero-order chi connectivity index (χ0) is 14.0. The Morgan fingerprint density at radius 1 is 1.32 bits per heavy atom. The molecule has 1 heterocycles. The van der Waals surface area contributed by atoms with E-state index in [2.05, 4.69) is 5.10 Å². The van der Waals surface area contributed by atoms with E-state index in [0.717, 1.165) is 6.20 Å². The molecule has 0 aliphatic heterocycles. The van der Waals surface area contributed by atoms with E-state index >= 15 is 0 Å². The minimum Gasteiger partial charge on any atom is -0.364 e. The van der Waals surface area contributed by atoms with Crippen LogP contribution in [0.5, 0.6) is 0 Å². The third-order valence-corrected chi connectivity index (χ3v) is 3.04. The topological polar surface area (TPSA) is 75.3 Å². The minimum atomic E-state index is -1.82. The Morgan fingerprint density at radius 2 is 1.95 bits per heavy atom. The predicted molar refractivity (Wildman–Crippen MR) is 71.4 cm³/mol. The van der Waals surface area contributed by atoms with Crippen molar-refractivity contribution in [2.45, 2.75) is 19.6 Å². The largest absolute Gasteiger partial charge is 0.364 e. The molecule has 0 aliphatic rings. The van der Waals surface area contributed by atoms with E-state index in [1.807, 2.05) is 6.92 Å². The van der Waals surface area contributed by atoms with Gasteiger partial charge in [0.25, 0.3) is 0 Å². The molecule has 0 radical (unpaired) electrons. The summed E-state index contributed by atoms with van der Waals surface area (Å²) in [6.07, 6.45) is -0.301. The van der Waals surface area contributed by atoms with Crippen LogP contribution in [0, 0.1) is 0 Å². The maximum absolute atomic E-state index is 11.7. The lowest BCUT2D eigenvalue weighted by atomic mass is 10.1. The van der Waals surface area contributed by atoms with E-state index in [9.17, 15) is 15.0 Å². The van der Waals surface area contributed by atoms with Crippen LogP contribution in [0.3, 0.4) is 0 Å². The second-order valence-corrected chi connectivity index (χ2v) is 4.42. The van der Waals surface area contributed by atoms with Gasteiger partial charge in [-0.05, 0) is 30.7 Å². The first kappa shape index (κ1) is 13.7. The van der Waals surface area contributed by atoms with Crippen LogP contribution in [0.1, 0.15) is 24.5 Å². The Balaban J connectivity index is 2.67. The van der Waals surface area contributed by atoms with Crippen LogP contribution in [-0.2, 0) is 6.42 Å². The van der Waals surface area contributed by atoms with Crippen molar-refractivity contribution in [3.8, 4) is 5.69 Å². The van der Waals surface area contributed by atoms with Gasteiger partial charge >= 0.3 is 0 Å². The SMILES string of the molecule is CCc1c(C(O)O)c(=O)cnn1-c1ccc(Cl)cc1. The zero-order valence-corrected chi connectivity index (χ0v) is 11.0. The highest BCUT2D eigenvalue weighted by molar-refractivity contribution is 6.30. The number of hydrogen-bond acceptors (Lipinski definition) is 4. The quantitative estimate of drug-likeness (QED) is 0.834. The molecule has 1 aromatic carbocycles. The molecule has 5 nitrogen and oxygen atoms in total. The molecular formula is C13H13ClN2O3. The van der Waals surface area contributed by atoms with Crippen molar-refractivity contribution < 1.29 is 10.2 Å². The summed E-state index contributed by atoms with van der Waals surface area (Å²) < 4.78 is 1.51. The number of aliphatic hydroxyl groups is 2. The van der Waals surface area contributed by atoms with Gasteiger partial charge in [-0.25, -0.2) is 4.68 Å². The maximum atomic E-state index is 11.7. The molecule has 100 valence electrons. The molecule has 0 amide bonds. The average Bonchev–Trinajstić information content (AvgIpc) is 2.39. The first-order chi connectivity index (χ1) is 9.04. The first-order valence-corrected chi connectivity index (χ1v) is 6.15. The minimum absolute atomic E-state index is 0.0487. The molecule has 6 heteroatoms. The summed E-state index contributed by atoms with van der Waals surface area (Å²) in [6, 6.07) is 6.88. The van der Waals surface area contributed by atoms with E-state index in [0.29, 0.717) is 22.8 Å². The van der Waals surface area contributed by atoms with Crippen LogP contribution in [0.15, 0.2) is 35.3 Å². The highest BCUT2D eigenvalue weighted by atomic mass is 35.5. The van der Waals surface area contributed by atoms with Crippen LogP contribution in [0.4, 0.5) is 0 Å². The molecule has 1 aromatic heterocycles. The predicted octanol–water partition coefficient (Wildman–Crippen LogP) is 1.43. The van der Waals surface area contributed by atoms with Gasteiger partial charge in [-0.15, -0.1) is 0 Å². The molecule has 0 unspecified atom stereocenters. The summed E-state index contributed by atoms with van der Waals surface area (Å²) in [6.45, 7) is 1.81. The lowest BCUT2D eigenvalue weighted by molar-refractivity contribution is -0.0444. The van der Waals surface area contributed by atoms with Crippen LogP contribution < -0.4 is 5.43 Å². The van der Waals surface area contributed by atoms with Gasteiger partial charge in [0.05, 0.1) is 23.1 Å². The Kier molecular flexibility index (Phi) is 3.99. The number of aliphatic hydroxyl groups excluding tert-OH is 1. The molecule has 0 atom stereocenters. The summed E-state index contributed by atoms with van der Waals surface area (Å²) in [5.74, 6) is 0. The third kappa shape index (κ3) is 2.68. The van der Waals surface area contributed by atoms with Crippen LogP contribution in [-0.4, -0.2) is 20.0 Å². The van der Waals surface area contributed by atoms with Crippen LogP contribution in [0.2, 0.25) is 5.02 Å². The lowest BCUT2D eigenvalue weighted by Gasteiger charge is -2.15. The molecule has 0 bridgehead atoms.